The molecule has 0 atom stereocenters. The van der Waals surface area contributed by atoms with Crippen LogP contribution in [0, 0.1) is 0 Å². The first kappa shape index (κ1) is 21.3. The topological polar surface area (TPSA) is 84.4 Å². The minimum atomic E-state index is -0.0252. The summed E-state index contributed by atoms with van der Waals surface area (Å²) in [4.78, 5) is 18.3. The molecule has 1 aliphatic rings. The lowest BCUT2D eigenvalue weighted by atomic mass is 10.2. The molecule has 2 aromatic carbocycles. The van der Waals surface area contributed by atoms with E-state index in [0.717, 1.165) is 34.9 Å². The molecule has 2 aromatic rings. The van der Waals surface area contributed by atoms with E-state index >= 15 is 0 Å². The van der Waals surface area contributed by atoms with Gasteiger partial charge in [-0.1, -0.05) is 12.1 Å². The monoisotopic (exact) mass is 412 g/mol. The van der Waals surface area contributed by atoms with Crippen LogP contribution in [0.4, 0.5) is 5.69 Å². The minimum Gasteiger partial charge on any atom is -0.497 e. The molecule has 0 aromatic heterocycles. The van der Waals surface area contributed by atoms with Gasteiger partial charge in [-0.2, -0.15) is 0 Å². The van der Waals surface area contributed by atoms with Gasteiger partial charge in [0.15, 0.2) is 12.6 Å². The lowest BCUT2D eigenvalue weighted by Gasteiger charge is -2.29. The van der Waals surface area contributed by atoms with Crippen molar-refractivity contribution in [3.63, 3.8) is 0 Å². The first-order valence-electron chi connectivity index (χ1n) is 9.84. The zero-order valence-corrected chi connectivity index (χ0v) is 17.6. The van der Waals surface area contributed by atoms with Crippen LogP contribution in [0.2, 0.25) is 0 Å². The summed E-state index contributed by atoms with van der Waals surface area (Å²) >= 11 is 0. The van der Waals surface area contributed by atoms with Crippen LogP contribution in [-0.2, 0) is 11.3 Å². The third-order valence-corrected chi connectivity index (χ3v) is 4.82. The van der Waals surface area contributed by atoms with Crippen molar-refractivity contribution in [3.05, 3.63) is 48.0 Å². The fourth-order valence-corrected chi connectivity index (χ4v) is 3.24. The Hall–Kier alpha value is -3.42. The molecule has 30 heavy (non-hydrogen) atoms. The highest BCUT2D eigenvalue weighted by molar-refractivity contribution is 5.97. The average molecular weight is 412 g/mol. The number of para-hydroxylation sites is 2. The molecular formula is C22H28N4O4. The molecule has 8 heteroatoms. The number of guanidine groups is 1. The van der Waals surface area contributed by atoms with E-state index < -0.39 is 0 Å². The van der Waals surface area contributed by atoms with Crippen LogP contribution < -0.4 is 29.7 Å². The van der Waals surface area contributed by atoms with Crippen LogP contribution >= 0.6 is 0 Å². The molecule has 0 spiro atoms. The number of ether oxygens (including phenoxy) is 3. The first-order chi connectivity index (χ1) is 14.7. The lowest BCUT2D eigenvalue weighted by Crippen LogP contribution is -2.42. The van der Waals surface area contributed by atoms with Crippen molar-refractivity contribution in [2.24, 2.45) is 4.99 Å². The van der Waals surface area contributed by atoms with Gasteiger partial charge in [0.2, 0.25) is 0 Å². The summed E-state index contributed by atoms with van der Waals surface area (Å²) in [6, 6.07) is 13.3. The van der Waals surface area contributed by atoms with Crippen LogP contribution in [0.15, 0.2) is 47.5 Å². The third kappa shape index (κ3) is 5.14. The van der Waals surface area contributed by atoms with E-state index in [0.29, 0.717) is 25.6 Å². The average Bonchev–Trinajstić information content (AvgIpc) is 2.79. The molecule has 8 nitrogen and oxygen atoms in total. The molecule has 3 rings (SSSR count). The first-order valence-corrected chi connectivity index (χ1v) is 9.84. The Bertz CT molecular complexity index is 900. The van der Waals surface area contributed by atoms with Crippen molar-refractivity contribution in [1.82, 2.24) is 10.6 Å². The van der Waals surface area contributed by atoms with E-state index in [2.05, 4.69) is 15.6 Å². The number of nitrogens with zero attached hydrogens (tertiary/aromatic N) is 2. The van der Waals surface area contributed by atoms with Crippen molar-refractivity contribution in [3.8, 4) is 17.2 Å². The summed E-state index contributed by atoms with van der Waals surface area (Å²) in [5.41, 5.74) is 1.82. The van der Waals surface area contributed by atoms with Gasteiger partial charge in [-0.3, -0.25) is 9.79 Å². The molecule has 160 valence electrons. The van der Waals surface area contributed by atoms with Crippen molar-refractivity contribution < 1.29 is 19.0 Å². The molecular weight excluding hydrogens is 384 g/mol. The number of carbonyl (C=O) groups is 1. The number of carbonyl (C=O) groups excluding carboxylic acids is 1. The number of nitrogens with one attached hydrogen (secondary N) is 2. The van der Waals surface area contributed by atoms with Crippen LogP contribution in [0.5, 0.6) is 17.2 Å². The molecule has 2 N–H and O–H groups in total. The Kier molecular flexibility index (Phi) is 7.37. The maximum atomic E-state index is 12.2. The van der Waals surface area contributed by atoms with Crippen LogP contribution in [0.25, 0.3) is 0 Å². The summed E-state index contributed by atoms with van der Waals surface area (Å²) in [6.07, 6.45) is 0.770. The smallest absolute Gasteiger partial charge is 0.265 e. The van der Waals surface area contributed by atoms with Crippen LogP contribution in [0.3, 0.4) is 0 Å². The SMILES string of the molecule is CN=C(NCCCN1C(=O)COc2ccccc21)NCc1ccc(OC)cc1OC. The molecule has 0 bridgehead atoms. The molecule has 0 aliphatic carbocycles. The van der Waals surface area contributed by atoms with Gasteiger partial charge >= 0.3 is 0 Å². The van der Waals surface area contributed by atoms with Crippen molar-refractivity contribution in [2.45, 2.75) is 13.0 Å². The summed E-state index contributed by atoms with van der Waals surface area (Å²) in [6.45, 7) is 1.92. The molecule has 1 aliphatic heterocycles. The number of fused-ring (bicyclic) bond motifs is 1. The second kappa shape index (κ2) is 10.4. The highest BCUT2D eigenvalue weighted by Gasteiger charge is 2.24. The maximum absolute atomic E-state index is 12.2. The van der Waals surface area contributed by atoms with Gasteiger partial charge in [-0.15, -0.1) is 0 Å². The van der Waals surface area contributed by atoms with E-state index in [1.807, 2.05) is 42.5 Å². The van der Waals surface area contributed by atoms with Crippen LogP contribution in [0.1, 0.15) is 12.0 Å². The molecule has 0 fully saturated rings. The van der Waals surface area contributed by atoms with E-state index in [1.165, 1.54) is 0 Å². The predicted molar refractivity (Wildman–Crippen MR) is 117 cm³/mol. The number of amides is 1. The number of rotatable bonds is 8. The van der Waals surface area contributed by atoms with Crippen molar-refractivity contribution >= 4 is 17.6 Å². The lowest BCUT2D eigenvalue weighted by molar-refractivity contribution is -0.121. The zero-order chi connectivity index (χ0) is 21.3. The van der Waals surface area contributed by atoms with Crippen LogP contribution in [-0.4, -0.2) is 52.8 Å². The summed E-state index contributed by atoms with van der Waals surface area (Å²) in [5, 5.41) is 6.56. The number of hydrogen-bond donors (Lipinski definition) is 2. The van der Waals surface area contributed by atoms with Gasteiger partial charge < -0.3 is 29.7 Å². The number of aliphatic imine (C=N–C) groups is 1. The van der Waals surface area contributed by atoms with Gasteiger partial charge in [0.25, 0.3) is 5.91 Å². The maximum Gasteiger partial charge on any atom is 0.265 e. The van der Waals surface area contributed by atoms with Crippen molar-refractivity contribution in [2.75, 3.05) is 45.9 Å². The highest BCUT2D eigenvalue weighted by Crippen LogP contribution is 2.31. The molecule has 0 saturated heterocycles. The second-order valence-corrected chi connectivity index (χ2v) is 6.69. The largest absolute Gasteiger partial charge is 0.497 e. The second-order valence-electron chi connectivity index (χ2n) is 6.69. The number of hydrogen-bond acceptors (Lipinski definition) is 5. The minimum absolute atomic E-state index is 0.0252. The third-order valence-electron chi connectivity index (χ3n) is 4.82. The summed E-state index contributed by atoms with van der Waals surface area (Å²) in [5.74, 6) is 2.90. The molecule has 1 amide bonds. The zero-order valence-electron chi connectivity index (χ0n) is 17.6. The van der Waals surface area contributed by atoms with Gasteiger partial charge in [-0.05, 0) is 30.7 Å². The Labute approximate surface area is 176 Å². The van der Waals surface area contributed by atoms with Gasteiger partial charge in [0.1, 0.15) is 17.2 Å². The molecule has 1 heterocycles. The van der Waals surface area contributed by atoms with E-state index in [-0.39, 0.29) is 12.5 Å². The summed E-state index contributed by atoms with van der Waals surface area (Å²) < 4.78 is 16.1. The normalized spacial score (nSPS) is 13.4. The molecule has 0 radical (unpaired) electrons. The summed E-state index contributed by atoms with van der Waals surface area (Å²) in [7, 11) is 4.99. The van der Waals surface area contributed by atoms with Gasteiger partial charge in [-0.25, -0.2) is 0 Å². The van der Waals surface area contributed by atoms with E-state index in [4.69, 9.17) is 14.2 Å². The number of benzene rings is 2. The Morgan fingerprint density at radius 2 is 2.00 bits per heavy atom. The Morgan fingerprint density at radius 3 is 2.77 bits per heavy atom. The van der Waals surface area contributed by atoms with E-state index in [9.17, 15) is 4.79 Å². The predicted octanol–water partition coefficient (Wildman–Crippen LogP) is 2.18. The fraction of sp³-hybridized carbons (Fsp3) is 0.364. The van der Waals surface area contributed by atoms with Gasteiger partial charge in [0.05, 0.1) is 19.9 Å². The van der Waals surface area contributed by atoms with Crippen molar-refractivity contribution in [1.29, 1.82) is 0 Å². The number of methoxy groups -OCH3 is 2. The molecule has 0 unspecified atom stereocenters. The van der Waals surface area contributed by atoms with E-state index in [1.54, 1.807) is 26.2 Å². The quantitative estimate of drug-likeness (QED) is 0.393. The standard InChI is InChI=1S/C22H28N4O4/c1-23-22(25-14-16-9-10-17(28-2)13-20(16)29-3)24-11-6-12-26-18-7-4-5-8-19(18)30-15-21(26)27/h4-5,7-10,13H,6,11-12,14-15H2,1-3H3,(H2,23,24,25). The molecule has 0 saturated carbocycles. The Morgan fingerprint density at radius 1 is 1.17 bits per heavy atom. The highest BCUT2D eigenvalue weighted by atomic mass is 16.5. The number of anilines is 1. The van der Waals surface area contributed by atoms with Gasteiger partial charge in [0, 0.05) is 38.3 Å². The Balaban J connectivity index is 1.48. The fourth-order valence-electron chi connectivity index (χ4n) is 3.24.